The first kappa shape index (κ1) is 38.8. The topological polar surface area (TPSA) is 35.0 Å². The number of fused-ring (bicyclic) bond motifs is 2. The summed E-state index contributed by atoms with van der Waals surface area (Å²) in [6.45, 7) is 4.63. The maximum absolute atomic E-state index is 6.69. The van der Waals surface area contributed by atoms with E-state index < -0.39 is 0 Å². The monoisotopic (exact) mass is 820 g/mol. The quantitative estimate of drug-likeness (QED) is 0.153. The van der Waals surface area contributed by atoms with E-state index in [2.05, 4.69) is 220 Å². The van der Waals surface area contributed by atoms with E-state index in [1.807, 2.05) is 24.3 Å². The molecule has 0 aliphatic carbocycles. The number of hydrogen-bond donors (Lipinski definition) is 0. The number of aromatic nitrogens is 2. The van der Waals surface area contributed by atoms with Crippen molar-refractivity contribution < 1.29 is 4.74 Å². The van der Waals surface area contributed by atoms with Gasteiger partial charge < -0.3 is 4.74 Å². The van der Waals surface area contributed by atoms with E-state index >= 15 is 0 Å². The summed E-state index contributed by atoms with van der Waals surface area (Å²) in [4.78, 5) is 10.2. The molecular formula is C61H44N2O. The summed E-state index contributed by atoms with van der Waals surface area (Å²) in [5.41, 5.74) is 19.3. The lowest BCUT2D eigenvalue weighted by molar-refractivity contribution is 0.418. The molecule has 0 amide bonds. The van der Waals surface area contributed by atoms with E-state index in [1.165, 1.54) is 0 Å². The van der Waals surface area contributed by atoms with Gasteiger partial charge in [0.2, 0.25) is 0 Å². The van der Waals surface area contributed by atoms with Gasteiger partial charge in [-0.3, -0.25) is 0 Å². The Morgan fingerprint density at radius 2 is 0.547 bits per heavy atom. The number of nitrogens with zero attached hydrogens (tertiary/aromatic N) is 2. The van der Waals surface area contributed by atoms with E-state index in [9.17, 15) is 0 Å². The average Bonchev–Trinajstić information content (AvgIpc) is 3.37. The van der Waals surface area contributed by atoms with Gasteiger partial charge in [0.1, 0.15) is 11.5 Å². The summed E-state index contributed by atoms with van der Waals surface area (Å²) in [7, 11) is 0. The van der Waals surface area contributed by atoms with Gasteiger partial charge in [0.15, 0.2) is 0 Å². The fraction of sp³-hybridized carbons (Fsp3) is 0.0492. The standard InChI is InChI=1S/C61H44N2O/c1-61(2)53-35-49(45-25-15-27-47(33-45)51-37-55(41-17-7-3-8-18-41)62-56(38-51)42-19-9-4-10-20-42)29-31-59(53)64-60-32-30-50(36-54(60)61)46-26-16-28-48(34-46)52-39-57(43-21-11-5-12-22-43)63-58(40-52)44-23-13-6-14-24-44/h3-40H,1-2H3. The van der Waals surface area contributed by atoms with Crippen molar-refractivity contribution in [2.24, 2.45) is 0 Å². The third kappa shape index (κ3) is 7.48. The first-order valence-corrected chi connectivity index (χ1v) is 21.9. The fourth-order valence-corrected chi connectivity index (χ4v) is 9.02. The number of ether oxygens (including phenoxy) is 1. The van der Waals surface area contributed by atoms with Gasteiger partial charge in [-0.1, -0.05) is 184 Å². The second-order valence-electron chi connectivity index (χ2n) is 17.0. The molecule has 3 heteroatoms. The second-order valence-corrected chi connectivity index (χ2v) is 17.0. The molecule has 0 fully saturated rings. The molecule has 11 rings (SSSR count). The molecular weight excluding hydrogens is 777 g/mol. The zero-order chi connectivity index (χ0) is 43.0. The molecule has 0 N–H and O–H groups in total. The Bertz CT molecular complexity index is 2970. The van der Waals surface area contributed by atoms with Crippen molar-refractivity contribution >= 4 is 0 Å². The summed E-state index contributed by atoms with van der Waals surface area (Å²) in [5, 5.41) is 0. The third-order valence-corrected chi connectivity index (χ3v) is 12.5. The van der Waals surface area contributed by atoms with Crippen molar-refractivity contribution in [1.29, 1.82) is 0 Å². The fourth-order valence-electron chi connectivity index (χ4n) is 9.02. The number of rotatable bonds is 8. The first-order chi connectivity index (χ1) is 31.4. The van der Waals surface area contributed by atoms with Gasteiger partial charge in [-0.25, -0.2) is 9.97 Å². The summed E-state index contributed by atoms with van der Waals surface area (Å²) >= 11 is 0. The van der Waals surface area contributed by atoms with E-state index in [1.54, 1.807) is 0 Å². The minimum absolute atomic E-state index is 0.329. The van der Waals surface area contributed by atoms with Crippen molar-refractivity contribution in [2.75, 3.05) is 0 Å². The van der Waals surface area contributed by atoms with E-state index in [0.717, 1.165) is 112 Å². The van der Waals surface area contributed by atoms with Gasteiger partial charge in [-0.15, -0.1) is 0 Å². The van der Waals surface area contributed by atoms with Gasteiger partial charge in [0.25, 0.3) is 0 Å². The molecule has 1 aliphatic rings. The van der Waals surface area contributed by atoms with Crippen molar-refractivity contribution in [3.8, 4) is 101 Å². The molecule has 0 unspecified atom stereocenters. The number of pyridine rings is 2. The molecule has 8 aromatic carbocycles. The van der Waals surface area contributed by atoms with Crippen LogP contribution in [0.5, 0.6) is 11.5 Å². The molecule has 0 saturated heterocycles. The van der Waals surface area contributed by atoms with E-state index in [4.69, 9.17) is 14.7 Å². The molecule has 0 atom stereocenters. The van der Waals surface area contributed by atoms with Crippen LogP contribution >= 0.6 is 0 Å². The highest BCUT2D eigenvalue weighted by molar-refractivity contribution is 5.82. The Kier molecular flexibility index (Phi) is 9.86. The zero-order valence-corrected chi connectivity index (χ0v) is 35.7. The predicted octanol–water partition coefficient (Wildman–Crippen LogP) is 16.2. The van der Waals surface area contributed by atoms with Crippen molar-refractivity contribution in [2.45, 2.75) is 19.3 Å². The summed E-state index contributed by atoms with van der Waals surface area (Å²) < 4.78 is 6.69. The van der Waals surface area contributed by atoms with Crippen LogP contribution in [0.4, 0.5) is 0 Å². The number of hydrogen-bond acceptors (Lipinski definition) is 3. The Labute approximate surface area is 375 Å². The molecule has 3 nitrogen and oxygen atoms in total. The van der Waals surface area contributed by atoms with Gasteiger partial charge in [-0.05, 0) is 105 Å². The maximum atomic E-state index is 6.69. The van der Waals surface area contributed by atoms with Crippen LogP contribution in [0.25, 0.3) is 89.5 Å². The van der Waals surface area contributed by atoms with Crippen LogP contribution in [0, 0.1) is 0 Å². The van der Waals surface area contributed by atoms with Crippen molar-refractivity contribution in [1.82, 2.24) is 9.97 Å². The van der Waals surface area contributed by atoms with Gasteiger partial charge >= 0.3 is 0 Å². The van der Waals surface area contributed by atoms with Crippen molar-refractivity contribution in [3.05, 3.63) is 242 Å². The predicted molar refractivity (Wildman–Crippen MR) is 264 cm³/mol. The maximum Gasteiger partial charge on any atom is 0.131 e. The van der Waals surface area contributed by atoms with E-state index in [-0.39, 0.29) is 5.41 Å². The van der Waals surface area contributed by atoms with E-state index in [0.29, 0.717) is 0 Å². The smallest absolute Gasteiger partial charge is 0.131 e. The van der Waals surface area contributed by atoms with Gasteiger partial charge in [-0.2, -0.15) is 0 Å². The largest absolute Gasteiger partial charge is 0.457 e. The van der Waals surface area contributed by atoms with Gasteiger partial charge in [0, 0.05) is 38.8 Å². The zero-order valence-electron chi connectivity index (χ0n) is 35.7. The highest BCUT2D eigenvalue weighted by atomic mass is 16.5. The van der Waals surface area contributed by atoms with Crippen LogP contribution in [0.3, 0.4) is 0 Å². The third-order valence-electron chi connectivity index (χ3n) is 12.5. The van der Waals surface area contributed by atoms with Crippen LogP contribution in [0.2, 0.25) is 0 Å². The minimum Gasteiger partial charge on any atom is -0.457 e. The van der Waals surface area contributed by atoms with Crippen LogP contribution < -0.4 is 4.74 Å². The SMILES string of the molecule is CC1(C)c2cc(-c3cccc(-c4cc(-c5ccccc5)nc(-c5ccccc5)c4)c3)ccc2Oc2ccc(-c3cccc(-c4cc(-c5ccccc5)nc(-c5ccccc5)c4)c3)cc21. The summed E-state index contributed by atoms with van der Waals surface area (Å²) in [5.74, 6) is 1.78. The molecule has 64 heavy (non-hydrogen) atoms. The molecule has 10 aromatic rings. The van der Waals surface area contributed by atoms with Crippen molar-refractivity contribution in [3.63, 3.8) is 0 Å². The second kappa shape index (κ2) is 16.3. The van der Waals surface area contributed by atoms with Gasteiger partial charge in [0.05, 0.1) is 22.8 Å². The average molecular weight is 821 g/mol. The molecule has 1 aliphatic heterocycles. The molecule has 0 spiro atoms. The molecule has 2 aromatic heterocycles. The Balaban J connectivity index is 0.931. The van der Waals surface area contributed by atoms with Crippen LogP contribution in [0.1, 0.15) is 25.0 Å². The molecule has 0 bridgehead atoms. The highest BCUT2D eigenvalue weighted by Gasteiger charge is 2.35. The molecule has 0 radical (unpaired) electrons. The Morgan fingerprint density at radius 1 is 0.266 bits per heavy atom. The lowest BCUT2D eigenvalue weighted by Crippen LogP contribution is -2.24. The van der Waals surface area contributed by atoms with Crippen LogP contribution in [0.15, 0.2) is 231 Å². The molecule has 3 heterocycles. The van der Waals surface area contributed by atoms with Crippen LogP contribution in [-0.4, -0.2) is 9.97 Å². The highest BCUT2D eigenvalue weighted by Crippen LogP contribution is 2.50. The minimum atomic E-state index is -0.329. The normalized spacial score (nSPS) is 12.5. The first-order valence-electron chi connectivity index (χ1n) is 21.9. The Hall–Kier alpha value is -8.14. The molecule has 0 saturated carbocycles. The Morgan fingerprint density at radius 3 is 0.875 bits per heavy atom. The molecule has 304 valence electrons. The number of benzene rings is 8. The van der Waals surface area contributed by atoms with Crippen LogP contribution in [-0.2, 0) is 5.41 Å². The lowest BCUT2D eigenvalue weighted by Gasteiger charge is -2.35. The summed E-state index contributed by atoms with van der Waals surface area (Å²) in [6.07, 6.45) is 0. The lowest BCUT2D eigenvalue weighted by atomic mass is 9.74. The summed E-state index contributed by atoms with van der Waals surface area (Å²) in [6, 6.07) is 81.5.